The van der Waals surface area contributed by atoms with Crippen LogP contribution in [-0.2, 0) is 9.53 Å². The molecule has 25 heavy (non-hydrogen) atoms. The lowest BCUT2D eigenvalue weighted by Gasteiger charge is -2.47. The number of nitrogens with two attached hydrogens (primary N) is 1. The maximum atomic E-state index is 13.0. The summed E-state index contributed by atoms with van der Waals surface area (Å²) in [5, 5.41) is 0. The number of rotatable bonds is 4. The van der Waals surface area contributed by atoms with Gasteiger partial charge in [-0.2, -0.15) is 0 Å². The Labute approximate surface area is 146 Å². The summed E-state index contributed by atoms with van der Waals surface area (Å²) in [5.74, 6) is -2.72. The molecule has 2 aliphatic heterocycles. The van der Waals surface area contributed by atoms with Crippen molar-refractivity contribution in [3.63, 3.8) is 0 Å². The van der Waals surface area contributed by atoms with Crippen molar-refractivity contribution in [1.82, 2.24) is 9.80 Å². The lowest BCUT2D eigenvalue weighted by molar-refractivity contribution is -0.158. The van der Waals surface area contributed by atoms with Gasteiger partial charge in [0.2, 0.25) is 0 Å². The Bertz CT molecular complexity index is 495. The fraction of sp³-hybridized carbons (Fsp3) is 0.882. The Hall–Kier alpha value is -1.44. The number of hydrogen-bond donors (Lipinski definition) is 1. The first-order chi connectivity index (χ1) is 11.9. The van der Waals surface area contributed by atoms with Crippen LogP contribution in [0.25, 0.3) is 0 Å². The van der Waals surface area contributed by atoms with Crippen LogP contribution in [0.15, 0.2) is 0 Å². The van der Waals surface area contributed by atoms with Crippen LogP contribution in [0.2, 0.25) is 0 Å². The molecule has 0 aromatic carbocycles. The van der Waals surface area contributed by atoms with Crippen molar-refractivity contribution in [1.29, 1.82) is 0 Å². The molecule has 0 unspecified atom stereocenters. The second-order valence-electron chi connectivity index (χ2n) is 7.57. The average molecular weight is 359 g/mol. The highest BCUT2D eigenvalue weighted by Gasteiger charge is 2.47. The van der Waals surface area contributed by atoms with Crippen molar-refractivity contribution in [2.45, 2.75) is 63.0 Å². The third-order valence-electron chi connectivity index (χ3n) is 5.73. The minimum absolute atomic E-state index is 0.0283. The predicted molar refractivity (Wildman–Crippen MR) is 87.2 cm³/mol. The number of ether oxygens (including phenoxy) is 1. The normalized spacial score (nSPS) is 26.7. The second-order valence-corrected chi connectivity index (χ2v) is 7.57. The highest BCUT2D eigenvalue weighted by atomic mass is 19.3. The number of primary amides is 1. The fourth-order valence-electron chi connectivity index (χ4n) is 4.35. The molecule has 0 spiro atoms. The van der Waals surface area contributed by atoms with Crippen LogP contribution < -0.4 is 5.73 Å². The average Bonchev–Trinajstić information content (AvgIpc) is 2.58. The number of likely N-dealkylation sites (tertiary alicyclic amines) is 2. The van der Waals surface area contributed by atoms with E-state index >= 15 is 0 Å². The van der Waals surface area contributed by atoms with Crippen LogP contribution >= 0.6 is 0 Å². The molecular weight excluding hydrogens is 332 g/mol. The number of carbonyl (C=O) groups excluding carboxylic acids is 2. The Morgan fingerprint density at radius 3 is 2.16 bits per heavy atom. The van der Waals surface area contributed by atoms with Crippen molar-refractivity contribution in [2.24, 2.45) is 11.7 Å². The van der Waals surface area contributed by atoms with E-state index in [4.69, 9.17) is 10.5 Å². The van der Waals surface area contributed by atoms with Crippen LogP contribution in [-0.4, -0.2) is 66.0 Å². The summed E-state index contributed by atoms with van der Waals surface area (Å²) in [6.07, 6.45) is 4.56. The third kappa shape index (κ3) is 4.40. The molecule has 2 amide bonds. The lowest BCUT2D eigenvalue weighted by atomic mass is 9.84. The van der Waals surface area contributed by atoms with E-state index in [9.17, 15) is 18.4 Å². The molecule has 1 atom stereocenters. The molecule has 3 fully saturated rings. The van der Waals surface area contributed by atoms with Gasteiger partial charge in [-0.25, -0.2) is 13.6 Å². The van der Waals surface area contributed by atoms with Crippen LogP contribution in [0.5, 0.6) is 0 Å². The van der Waals surface area contributed by atoms with Gasteiger partial charge in [0.25, 0.3) is 11.8 Å². The number of hydrogen-bond acceptors (Lipinski definition) is 4. The molecule has 1 aliphatic carbocycles. The molecule has 142 valence electrons. The molecule has 0 radical (unpaired) electrons. The summed E-state index contributed by atoms with van der Waals surface area (Å²) in [5.41, 5.74) is 5.17. The molecule has 8 heteroatoms. The maximum Gasteiger partial charge on any atom is 0.405 e. The monoisotopic (exact) mass is 359 g/mol. The zero-order valence-electron chi connectivity index (χ0n) is 14.5. The van der Waals surface area contributed by atoms with Crippen molar-refractivity contribution >= 4 is 12.0 Å². The summed E-state index contributed by atoms with van der Waals surface area (Å²) < 4.78 is 31.2. The van der Waals surface area contributed by atoms with Gasteiger partial charge in [-0.1, -0.05) is 19.3 Å². The number of piperidine rings is 1. The third-order valence-corrected chi connectivity index (χ3v) is 5.73. The molecule has 6 nitrogen and oxygen atoms in total. The van der Waals surface area contributed by atoms with Crippen LogP contribution in [0.4, 0.5) is 13.6 Å². The van der Waals surface area contributed by atoms with Gasteiger partial charge in [0.05, 0.1) is 13.1 Å². The molecule has 0 aromatic heterocycles. The summed E-state index contributed by atoms with van der Waals surface area (Å²) in [6, 6.07) is 0.105. The van der Waals surface area contributed by atoms with Gasteiger partial charge < -0.3 is 15.4 Å². The smallest absolute Gasteiger partial charge is 0.405 e. The highest BCUT2D eigenvalue weighted by Crippen LogP contribution is 2.33. The summed E-state index contributed by atoms with van der Waals surface area (Å²) in [4.78, 5) is 27.6. The van der Waals surface area contributed by atoms with Gasteiger partial charge in [0.1, 0.15) is 0 Å². The predicted octanol–water partition coefficient (Wildman–Crippen LogP) is 1.97. The van der Waals surface area contributed by atoms with Crippen molar-refractivity contribution in [3.05, 3.63) is 0 Å². The summed E-state index contributed by atoms with van der Waals surface area (Å²) >= 11 is 0. The van der Waals surface area contributed by atoms with Gasteiger partial charge >= 0.3 is 6.09 Å². The van der Waals surface area contributed by atoms with Crippen LogP contribution in [0.1, 0.15) is 44.9 Å². The van der Waals surface area contributed by atoms with Crippen molar-refractivity contribution in [3.8, 4) is 0 Å². The Kier molecular flexibility index (Phi) is 5.46. The van der Waals surface area contributed by atoms with E-state index in [1.165, 1.54) is 0 Å². The van der Waals surface area contributed by atoms with E-state index in [1.807, 2.05) is 0 Å². The topological polar surface area (TPSA) is 75.9 Å². The molecule has 1 saturated carbocycles. The number of carbonyl (C=O) groups is 2. The van der Waals surface area contributed by atoms with Gasteiger partial charge in [-0.3, -0.25) is 9.69 Å². The van der Waals surface area contributed by atoms with Gasteiger partial charge in [0.15, 0.2) is 6.10 Å². The van der Waals surface area contributed by atoms with Gasteiger partial charge in [0, 0.05) is 25.0 Å². The fourth-order valence-corrected chi connectivity index (χ4v) is 4.35. The molecule has 3 rings (SSSR count). The van der Waals surface area contributed by atoms with E-state index in [2.05, 4.69) is 0 Å². The van der Waals surface area contributed by atoms with Crippen molar-refractivity contribution < 1.29 is 23.1 Å². The zero-order chi connectivity index (χ0) is 18.0. The van der Waals surface area contributed by atoms with E-state index in [-0.39, 0.29) is 31.0 Å². The number of amides is 2. The molecule has 2 saturated heterocycles. The van der Waals surface area contributed by atoms with E-state index in [0.29, 0.717) is 25.9 Å². The molecule has 3 aliphatic rings. The summed E-state index contributed by atoms with van der Waals surface area (Å²) in [6.45, 7) is 0.663. The molecule has 2 heterocycles. The maximum absolute atomic E-state index is 13.0. The molecule has 0 bridgehead atoms. The van der Waals surface area contributed by atoms with E-state index in [1.54, 1.807) is 9.80 Å². The second kappa shape index (κ2) is 7.43. The standard InChI is InChI=1S/C17H27F2N3O3/c18-17(19)10-22(11-17)13-6-8-21(9-7-13)15(23)14(25-16(20)24)12-4-2-1-3-5-12/h12-14H,1-11H2,(H2,20,24)/t14-/m0/s1. The molecule has 2 N–H and O–H groups in total. The van der Waals surface area contributed by atoms with E-state index < -0.39 is 18.1 Å². The van der Waals surface area contributed by atoms with Crippen LogP contribution in [0, 0.1) is 5.92 Å². The SMILES string of the molecule is NC(=O)O[C@H](C(=O)N1CCC(N2CC(F)(F)C2)CC1)C1CCCCC1. The van der Waals surface area contributed by atoms with Crippen LogP contribution in [0.3, 0.4) is 0 Å². The first-order valence-electron chi connectivity index (χ1n) is 9.22. The Balaban J connectivity index is 1.54. The molecular formula is C17H27F2N3O3. The van der Waals surface area contributed by atoms with E-state index in [0.717, 1.165) is 32.1 Å². The Morgan fingerprint density at radius 2 is 1.64 bits per heavy atom. The van der Waals surface area contributed by atoms with Gasteiger partial charge in [-0.05, 0) is 25.7 Å². The highest BCUT2D eigenvalue weighted by molar-refractivity contribution is 5.83. The quantitative estimate of drug-likeness (QED) is 0.833. The summed E-state index contributed by atoms with van der Waals surface area (Å²) in [7, 11) is 0. The first kappa shape index (κ1) is 18.4. The number of nitrogens with zero attached hydrogens (tertiary/aromatic N) is 2. The van der Waals surface area contributed by atoms with Gasteiger partial charge in [-0.15, -0.1) is 0 Å². The molecule has 0 aromatic rings. The number of halogens is 2. The minimum Gasteiger partial charge on any atom is -0.436 e. The Morgan fingerprint density at radius 1 is 1.04 bits per heavy atom. The minimum atomic E-state index is -2.56. The lowest BCUT2D eigenvalue weighted by Crippen LogP contribution is -2.62. The number of alkyl halides is 2. The first-order valence-corrected chi connectivity index (χ1v) is 9.22. The zero-order valence-corrected chi connectivity index (χ0v) is 14.5. The largest absolute Gasteiger partial charge is 0.436 e. The van der Waals surface area contributed by atoms with Crippen molar-refractivity contribution in [2.75, 3.05) is 26.2 Å².